The Hall–Kier alpha value is -2.57. The van der Waals surface area contributed by atoms with Crippen LogP contribution < -0.4 is 5.32 Å². The van der Waals surface area contributed by atoms with E-state index >= 15 is 0 Å². The summed E-state index contributed by atoms with van der Waals surface area (Å²) in [7, 11) is 0. The summed E-state index contributed by atoms with van der Waals surface area (Å²) in [6, 6.07) is 8.11. The highest BCUT2D eigenvalue weighted by atomic mass is 16.2. The maximum absolute atomic E-state index is 13.0. The van der Waals surface area contributed by atoms with Crippen molar-refractivity contribution in [2.75, 3.05) is 32.7 Å². The SMILES string of the molecule is CCN1C[C@@H](NC(=O)N2CCC(C(=O)N3CCc4ccccc4C3)CC2)CC1=O. The van der Waals surface area contributed by atoms with Gasteiger partial charge in [-0.2, -0.15) is 0 Å². The first kappa shape index (κ1) is 19.7. The molecule has 3 aliphatic rings. The number of urea groups is 1. The third-order valence-corrected chi connectivity index (χ3v) is 6.50. The molecule has 4 rings (SSSR count). The fraction of sp³-hybridized carbons (Fsp3) is 0.591. The molecule has 2 fully saturated rings. The van der Waals surface area contributed by atoms with Crippen LogP contribution in [0.2, 0.25) is 0 Å². The molecule has 3 heterocycles. The molecule has 29 heavy (non-hydrogen) atoms. The zero-order valence-electron chi connectivity index (χ0n) is 17.1. The minimum absolute atomic E-state index is 0.00652. The first-order valence-corrected chi connectivity index (χ1v) is 10.7. The first-order valence-electron chi connectivity index (χ1n) is 10.7. The van der Waals surface area contributed by atoms with Gasteiger partial charge in [0.05, 0.1) is 6.04 Å². The third kappa shape index (κ3) is 4.23. The van der Waals surface area contributed by atoms with E-state index in [1.165, 1.54) is 11.1 Å². The van der Waals surface area contributed by atoms with Crippen LogP contribution in [-0.2, 0) is 22.6 Å². The van der Waals surface area contributed by atoms with Gasteiger partial charge in [0.25, 0.3) is 0 Å². The Morgan fingerprint density at radius 3 is 2.48 bits per heavy atom. The number of nitrogens with zero attached hydrogens (tertiary/aromatic N) is 3. The van der Waals surface area contributed by atoms with Crippen molar-refractivity contribution >= 4 is 17.8 Å². The number of amides is 4. The second-order valence-electron chi connectivity index (χ2n) is 8.32. The lowest BCUT2D eigenvalue weighted by molar-refractivity contribution is -0.137. The minimum atomic E-state index is -0.112. The van der Waals surface area contributed by atoms with Crippen LogP contribution in [-0.4, -0.2) is 71.3 Å². The predicted molar refractivity (Wildman–Crippen MR) is 109 cm³/mol. The number of benzene rings is 1. The van der Waals surface area contributed by atoms with Crippen LogP contribution in [0.15, 0.2) is 24.3 Å². The van der Waals surface area contributed by atoms with Crippen LogP contribution in [0.5, 0.6) is 0 Å². The van der Waals surface area contributed by atoms with Crippen LogP contribution in [0.1, 0.15) is 37.3 Å². The Morgan fingerprint density at radius 1 is 1.07 bits per heavy atom. The zero-order chi connectivity index (χ0) is 20.4. The molecular weight excluding hydrogens is 368 g/mol. The molecule has 2 saturated heterocycles. The zero-order valence-corrected chi connectivity index (χ0v) is 17.1. The number of carbonyl (C=O) groups is 3. The van der Waals surface area contributed by atoms with Crippen molar-refractivity contribution in [2.24, 2.45) is 5.92 Å². The fourth-order valence-corrected chi connectivity index (χ4v) is 4.71. The normalized spacial score (nSPS) is 22.6. The van der Waals surface area contributed by atoms with Crippen LogP contribution in [0.4, 0.5) is 4.79 Å². The monoisotopic (exact) mass is 398 g/mol. The van der Waals surface area contributed by atoms with Crippen LogP contribution >= 0.6 is 0 Å². The van der Waals surface area contributed by atoms with E-state index in [1.807, 2.05) is 17.9 Å². The van der Waals surface area contributed by atoms with Gasteiger partial charge in [0.15, 0.2) is 0 Å². The molecule has 0 spiro atoms. The average molecular weight is 399 g/mol. The van der Waals surface area contributed by atoms with Crippen molar-refractivity contribution < 1.29 is 14.4 Å². The summed E-state index contributed by atoms with van der Waals surface area (Å²) in [5.41, 5.74) is 2.59. The van der Waals surface area contributed by atoms with Crippen LogP contribution in [0, 0.1) is 5.92 Å². The number of fused-ring (bicyclic) bond motifs is 1. The Kier molecular flexibility index (Phi) is 5.74. The molecule has 4 amide bonds. The Labute approximate surface area is 172 Å². The van der Waals surface area contributed by atoms with E-state index < -0.39 is 0 Å². The standard InChI is InChI=1S/C22H30N4O3/c1-2-24-15-19(13-20(24)27)23-22(29)25-10-8-17(9-11-25)21(28)26-12-7-16-5-3-4-6-18(16)14-26/h3-6,17,19H,2,7-15H2,1H3,(H,23,29)/t19-/m0/s1. The lowest BCUT2D eigenvalue weighted by Gasteiger charge is -2.36. The molecule has 1 aromatic rings. The highest BCUT2D eigenvalue weighted by Crippen LogP contribution is 2.25. The summed E-state index contributed by atoms with van der Waals surface area (Å²) in [5.74, 6) is 0.317. The van der Waals surface area contributed by atoms with Gasteiger partial charge in [-0.05, 0) is 37.3 Å². The molecule has 1 N–H and O–H groups in total. The number of piperidine rings is 1. The minimum Gasteiger partial charge on any atom is -0.341 e. The molecule has 0 unspecified atom stereocenters. The second-order valence-corrected chi connectivity index (χ2v) is 8.32. The van der Waals surface area contributed by atoms with E-state index in [2.05, 4.69) is 23.5 Å². The van der Waals surface area contributed by atoms with Crippen molar-refractivity contribution in [3.8, 4) is 0 Å². The number of carbonyl (C=O) groups excluding carboxylic acids is 3. The molecule has 156 valence electrons. The van der Waals surface area contributed by atoms with Gasteiger partial charge in [-0.1, -0.05) is 24.3 Å². The number of likely N-dealkylation sites (N-methyl/N-ethyl adjacent to an activating group) is 1. The molecule has 7 heteroatoms. The van der Waals surface area contributed by atoms with E-state index in [4.69, 9.17) is 0 Å². The van der Waals surface area contributed by atoms with Crippen molar-refractivity contribution in [1.82, 2.24) is 20.0 Å². The van der Waals surface area contributed by atoms with E-state index in [-0.39, 0.29) is 29.8 Å². The second kappa shape index (κ2) is 8.43. The molecule has 3 aliphatic heterocycles. The molecule has 0 aromatic heterocycles. The van der Waals surface area contributed by atoms with Crippen molar-refractivity contribution in [3.63, 3.8) is 0 Å². The van der Waals surface area contributed by atoms with Crippen molar-refractivity contribution in [3.05, 3.63) is 35.4 Å². The van der Waals surface area contributed by atoms with Crippen molar-refractivity contribution in [1.29, 1.82) is 0 Å². The Morgan fingerprint density at radius 2 is 1.79 bits per heavy atom. The van der Waals surface area contributed by atoms with E-state index in [9.17, 15) is 14.4 Å². The fourth-order valence-electron chi connectivity index (χ4n) is 4.71. The lowest BCUT2D eigenvalue weighted by Crippen LogP contribution is -2.50. The van der Waals surface area contributed by atoms with E-state index in [1.54, 1.807) is 9.80 Å². The first-order chi connectivity index (χ1) is 14.0. The van der Waals surface area contributed by atoms with Gasteiger partial charge < -0.3 is 20.0 Å². The Balaban J connectivity index is 1.26. The summed E-state index contributed by atoms with van der Waals surface area (Å²) in [6.45, 7) is 5.87. The van der Waals surface area contributed by atoms with Gasteiger partial charge in [-0.25, -0.2) is 4.79 Å². The van der Waals surface area contributed by atoms with Gasteiger partial charge in [0, 0.05) is 51.6 Å². The van der Waals surface area contributed by atoms with Gasteiger partial charge in [0.1, 0.15) is 0 Å². The molecule has 0 saturated carbocycles. The lowest BCUT2D eigenvalue weighted by atomic mass is 9.93. The maximum atomic E-state index is 13.0. The molecule has 0 aliphatic carbocycles. The molecule has 0 radical (unpaired) electrons. The highest BCUT2D eigenvalue weighted by molar-refractivity contribution is 5.82. The third-order valence-electron chi connectivity index (χ3n) is 6.50. The maximum Gasteiger partial charge on any atom is 0.317 e. The molecule has 0 bridgehead atoms. The summed E-state index contributed by atoms with van der Waals surface area (Å²) in [4.78, 5) is 42.9. The number of hydrogen-bond acceptors (Lipinski definition) is 3. The summed E-state index contributed by atoms with van der Waals surface area (Å²) < 4.78 is 0. The molecule has 1 atom stereocenters. The largest absolute Gasteiger partial charge is 0.341 e. The summed E-state index contributed by atoms with van der Waals surface area (Å²) >= 11 is 0. The number of rotatable bonds is 3. The number of likely N-dealkylation sites (tertiary alicyclic amines) is 2. The summed E-state index contributed by atoms with van der Waals surface area (Å²) in [5, 5.41) is 2.99. The van der Waals surface area contributed by atoms with Crippen molar-refractivity contribution in [2.45, 2.75) is 45.2 Å². The van der Waals surface area contributed by atoms with Gasteiger partial charge in [-0.15, -0.1) is 0 Å². The van der Waals surface area contributed by atoms with Crippen LogP contribution in [0.25, 0.3) is 0 Å². The molecular formula is C22H30N4O3. The van der Waals surface area contributed by atoms with Gasteiger partial charge >= 0.3 is 6.03 Å². The molecule has 7 nitrogen and oxygen atoms in total. The van der Waals surface area contributed by atoms with E-state index in [0.717, 1.165) is 13.0 Å². The highest BCUT2D eigenvalue weighted by Gasteiger charge is 2.34. The van der Waals surface area contributed by atoms with Gasteiger partial charge in [-0.3, -0.25) is 9.59 Å². The average Bonchev–Trinajstić information content (AvgIpc) is 3.11. The van der Waals surface area contributed by atoms with E-state index in [0.29, 0.717) is 52.0 Å². The Bertz CT molecular complexity index is 788. The number of hydrogen-bond donors (Lipinski definition) is 1. The molecule has 1 aromatic carbocycles. The van der Waals surface area contributed by atoms with Crippen LogP contribution in [0.3, 0.4) is 0 Å². The quantitative estimate of drug-likeness (QED) is 0.841. The predicted octanol–water partition coefficient (Wildman–Crippen LogP) is 1.61. The summed E-state index contributed by atoms with van der Waals surface area (Å²) in [6.07, 6.45) is 2.70. The topological polar surface area (TPSA) is 73.0 Å². The number of nitrogens with one attached hydrogen (secondary N) is 1. The van der Waals surface area contributed by atoms with Gasteiger partial charge in [0.2, 0.25) is 11.8 Å². The smallest absolute Gasteiger partial charge is 0.317 e.